The van der Waals surface area contributed by atoms with Crippen molar-refractivity contribution in [3.63, 3.8) is 0 Å². The van der Waals surface area contributed by atoms with Crippen LogP contribution in [0.2, 0.25) is 0 Å². The average molecular weight is 289 g/mol. The summed E-state index contributed by atoms with van der Waals surface area (Å²) in [6.45, 7) is 2.03. The van der Waals surface area contributed by atoms with E-state index >= 15 is 0 Å². The highest BCUT2D eigenvalue weighted by atomic mass is 32.2. The Morgan fingerprint density at radius 3 is 2.68 bits per heavy atom. The first kappa shape index (κ1) is 14.0. The molecule has 0 spiro atoms. The third-order valence-electron chi connectivity index (χ3n) is 2.82. The Bertz CT molecular complexity index is 544. The van der Waals surface area contributed by atoms with Crippen LogP contribution in [-0.4, -0.2) is 46.0 Å². The van der Waals surface area contributed by atoms with Crippen LogP contribution in [-0.2, 0) is 10.2 Å². The van der Waals surface area contributed by atoms with Gasteiger partial charge in [0.25, 0.3) is 0 Å². The Morgan fingerprint density at radius 2 is 2.05 bits per heavy atom. The molecule has 1 aromatic rings. The van der Waals surface area contributed by atoms with Crippen LogP contribution in [0.25, 0.3) is 0 Å². The van der Waals surface area contributed by atoms with Gasteiger partial charge in [0.15, 0.2) is 0 Å². The number of benzene rings is 1. The highest BCUT2D eigenvalue weighted by Gasteiger charge is 2.24. The van der Waals surface area contributed by atoms with Crippen molar-refractivity contribution in [2.24, 2.45) is 0 Å². The number of halogens is 1. The molecule has 1 aliphatic rings. The molecule has 0 unspecified atom stereocenters. The molecular weight excluding hydrogens is 273 g/mol. The van der Waals surface area contributed by atoms with Gasteiger partial charge in [-0.3, -0.25) is 4.72 Å². The zero-order valence-corrected chi connectivity index (χ0v) is 11.3. The summed E-state index contributed by atoms with van der Waals surface area (Å²) in [6.07, 6.45) is 0. The first-order valence-corrected chi connectivity index (χ1v) is 7.29. The molecule has 0 bridgehead atoms. The van der Waals surface area contributed by atoms with E-state index in [0.717, 1.165) is 6.07 Å². The van der Waals surface area contributed by atoms with Gasteiger partial charge in [-0.05, 0) is 12.1 Å². The minimum Gasteiger partial charge on any atom is -0.494 e. The Balaban J connectivity index is 2.19. The first-order chi connectivity index (χ1) is 9.03. The van der Waals surface area contributed by atoms with Gasteiger partial charge in [-0.15, -0.1) is 0 Å². The Labute approximate surface area is 111 Å². The van der Waals surface area contributed by atoms with Gasteiger partial charge < -0.3 is 10.1 Å². The third kappa shape index (κ3) is 3.34. The van der Waals surface area contributed by atoms with Crippen LogP contribution in [0.3, 0.4) is 0 Å². The number of methoxy groups -OCH3 is 1. The highest BCUT2D eigenvalue weighted by molar-refractivity contribution is 7.90. The van der Waals surface area contributed by atoms with E-state index in [1.807, 2.05) is 0 Å². The minimum absolute atomic E-state index is 0.152. The molecule has 1 saturated heterocycles. The standard InChI is InChI=1S/C11H16FN3O3S/c1-18-11-8-9(12)2-3-10(11)14-19(16,17)15-6-4-13-5-7-15/h2-3,8,13-14H,4-7H2,1H3. The molecule has 2 rings (SSSR count). The third-order valence-corrected chi connectivity index (χ3v) is 4.34. The van der Waals surface area contributed by atoms with Crippen molar-refractivity contribution in [1.82, 2.24) is 9.62 Å². The zero-order chi connectivity index (χ0) is 13.9. The molecule has 0 radical (unpaired) electrons. The van der Waals surface area contributed by atoms with Crippen molar-refractivity contribution in [3.05, 3.63) is 24.0 Å². The number of piperazine rings is 1. The van der Waals surface area contributed by atoms with Crippen molar-refractivity contribution in [1.29, 1.82) is 0 Å². The van der Waals surface area contributed by atoms with E-state index in [0.29, 0.717) is 26.2 Å². The maximum Gasteiger partial charge on any atom is 0.301 e. The lowest BCUT2D eigenvalue weighted by molar-refractivity contribution is 0.362. The first-order valence-electron chi connectivity index (χ1n) is 5.85. The van der Waals surface area contributed by atoms with Crippen LogP contribution >= 0.6 is 0 Å². The summed E-state index contributed by atoms with van der Waals surface area (Å²) in [4.78, 5) is 0. The average Bonchev–Trinajstić information content (AvgIpc) is 2.41. The van der Waals surface area contributed by atoms with Crippen molar-refractivity contribution in [2.75, 3.05) is 38.0 Å². The summed E-state index contributed by atoms with van der Waals surface area (Å²) >= 11 is 0. The SMILES string of the molecule is COc1cc(F)ccc1NS(=O)(=O)N1CCNCC1. The predicted octanol–water partition coefficient (Wildman–Crippen LogP) is 0.396. The van der Waals surface area contributed by atoms with E-state index in [2.05, 4.69) is 10.0 Å². The Morgan fingerprint density at radius 1 is 1.37 bits per heavy atom. The molecule has 2 N–H and O–H groups in total. The second-order valence-corrected chi connectivity index (χ2v) is 5.77. The van der Waals surface area contributed by atoms with Crippen molar-refractivity contribution >= 4 is 15.9 Å². The van der Waals surface area contributed by atoms with Gasteiger partial charge in [-0.25, -0.2) is 4.39 Å². The molecule has 6 nitrogen and oxygen atoms in total. The predicted molar refractivity (Wildman–Crippen MR) is 69.9 cm³/mol. The molecule has 106 valence electrons. The zero-order valence-electron chi connectivity index (χ0n) is 10.5. The summed E-state index contributed by atoms with van der Waals surface area (Å²) in [5.41, 5.74) is 0.224. The van der Waals surface area contributed by atoms with E-state index in [4.69, 9.17) is 4.74 Å². The van der Waals surface area contributed by atoms with Crippen LogP contribution in [0.1, 0.15) is 0 Å². The minimum atomic E-state index is -3.64. The van der Waals surface area contributed by atoms with Crippen LogP contribution < -0.4 is 14.8 Å². The van der Waals surface area contributed by atoms with Gasteiger partial charge in [0.2, 0.25) is 0 Å². The second-order valence-electron chi connectivity index (χ2n) is 4.10. The molecule has 1 heterocycles. The van der Waals surface area contributed by atoms with E-state index in [9.17, 15) is 12.8 Å². The van der Waals surface area contributed by atoms with E-state index in [-0.39, 0.29) is 11.4 Å². The molecule has 19 heavy (non-hydrogen) atoms. The lowest BCUT2D eigenvalue weighted by Gasteiger charge is -2.27. The van der Waals surface area contributed by atoms with E-state index in [1.54, 1.807) is 0 Å². The summed E-state index contributed by atoms with van der Waals surface area (Å²) < 4.78 is 46.1. The summed E-state index contributed by atoms with van der Waals surface area (Å²) in [7, 11) is -2.28. The molecule has 0 aromatic heterocycles. The smallest absolute Gasteiger partial charge is 0.301 e. The topological polar surface area (TPSA) is 70.7 Å². The van der Waals surface area contributed by atoms with Gasteiger partial charge in [-0.2, -0.15) is 12.7 Å². The molecule has 0 amide bonds. The quantitative estimate of drug-likeness (QED) is 0.841. The van der Waals surface area contributed by atoms with Gasteiger partial charge in [0, 0.05) is 32.2 Å². The molecule has 0 aliphatic carbocycles. The molecule has 0 atom stereocenters. The van der Waals surface area contributed by atoms with Gasteiger partial charge >= 0.3 is 10.2 Å². The Hall–Kier alpha value is -1.38. The van der Waals surface area contributed by atoms with Gasteiger partial charge in [0.05, 0.1) is 12.8 Å². The molecule has 8 heteroatoms. The fourth-order valence-electron chi connectivity index (χ4n) is 1.84. The summed E-state index contributed by atoms with van der Waals surface area (Å²) in [5.74, 6) is -0.333. The molecule has 0 saturated carbocycles. The lowest BCUT2D eigenvalue weighted by atomic mass is 10.3. The molecule has 1 aliphatic heterocycles. The van der Waals surface area contributed by atoms with Crippen LogP contribution in [0.5, 0.6) is 5.75 Å². The number of hydrogen-bond acceptors (Lipinski definition) is 4. The number of ether oxygens (including phenoxy) is 1. The summed E-state index contributed by atoms with van der Waals surface area (Å²) in [5, 5.41) is 3.07. The van der Waals surface area contributed by atoms with E-state index in [1.165, 1.54) is 23.5 Å². The number of nitrogens with zero attached hydrogens (tertiary/aromatic N) is 1. The van der Waals surface area contributed by atoms with Gasteiger partial charge in [0.1, 0.15) is 11.6 Å². The fraction of sp³-hybridized carbons (Fsp3) is 0.455. The van der Waals surface area contributed by atoms with Crippen LogP contribution in [0, 0.1) is 5.82 Å². The fourth-order valence-corrected chi connectivity index (χ4v) is 3.08. The molecular formula is C11H16FN3O3S. The van der Waals surface area contributed by atoms with Crippen molar-refractivity contribution in [2.45, 2.75) is 0 Å². The normalized spacial score (nSPS) is 17.2. The monoisotopic (exact) mass is 289 g/mol. The maximum absolute atomic E-state index is 13.0. The number of rotatable bonds is 4. The lowest BCUT2D eigenvalue weighted by Crippen LogP contribution is -2.48. The van der Waals surface area contributed by atoms with Crippen molar-refractivity contribution < 1.29 is 17.5 Å². The number of anilines is 1. The number of hydrogen-bond donors (Lipinski definition) is 2. The Kier molecular flexibility index (Phi) is 4.23. The molecule has 1 fully saturated rings. The second kappa shape index (κ2) is 5.72. The van der Waals surface area contributed by atoms with Crippen LogP contribution in [0.15, 0.2) is 18.2 Å². The van der Waals surface area contributed by atoms with Gasteiger partial charge in [-0.1, -0.05) is 0 Å². The van der Waals surface area contributed by atoms with E-state index < -0.39 is 16.0 Å². The van der Waals surface area contributed by atoms with Crippen LogP contribution in [0.4, 0.5) is 10.1 Å². The summed E-state index contributed by atoms with van der Waals surface area (Å²) in [6, 6.07) is 3.65. The largest absolute Gasteiger partial charge is 0.494 e. The molecule has 1 aromatic carbocycles. The van der Waals surface area contributed by atoms with Crippen molar-refractivity contribution in [3.8, 4) is 5.75 Å². The maximum atomic E-state index is 13.0. The highest BCUT2D eigenvalue weighted by Crippen LogP contribution is 2.26. The number of nitrogens with one attached hydrogen (secondary N) is 2.